The number of sulfone groups is 1. The number of anilines is 1. The number of hydrogen-bond donors (Lipinski definition) is 1. The van der Waals surface area contributed by atoms with Gasteiger partial charge in [-0.1, -0.05) is 6.92 Å². The Kier molecular flexibility index (Phi) is 7.62. The largest absolute Gasteiger partial charge is 0.474 e. The number of nitrogens with two attached hydrogens (primary N) is 1. The zero-order valence-corrected chi connectivity index (χ0v) is 20.1. The van der Waals surface area contributed by atoms with Gasteiger partial charge in [-0.05, 0) is 39.0 Å². The Morgan fingerprint density at radius 1 is 1.21 bits per heavy atom. The van der Waals surface area contributed by atoms with Crippen LogP contribution in [-0.4, -0.2) is 60.4 Å². The molecular formula is C22H30N4O6S. The van der Waals surface area contributed by atoms with E-state index >= 15 is 0 Å². The van der Waals surface area contributed by atoms with E-state index in [2.05, 4.69) is 9.97 Å². The number of likely N-dealkylation sites (tertiary alicyclic amines) is 1. The Hall–Kier alpha value is -3.08. The molecule has 11 heteroatoms. The number of carbonyl (C=O) groups excluding carboxylic acids is 1. The fourth-order valence-corrected chi connectivity index (χ4v) is 4.23. The molecule has 1 aliphatic heterocycles. The third-order valence-corrected chi connectivity index (χ3v) is 6.97. The van der Waals surface area contributed by atoms with Crippen LogP contribution in [0.25, 0.3) is 0 Å². The van der Waals surface area contributed by atoms with Crippen molar-refractivity contribution in [3.05, 3.63) is 30.1 Å². The number of piperidine rings is 1. The van der Waals surface area contributed by atoms with Crippen molar-refractivity contribution in [2.45, 2.75) is 57.6 Å². The van der Waals surface area contributed by atoms with Gasteiger partial charge in [0.2, 0.25) is 11.8 Å². The van der Waals surface area contributed by atoms with E-state index in [0.717, 1.165) is 0 Å². The average Bonchev–Trinajstić information content (AvgIpc) is 2.77. The third kappa shape index (κ3) is 6.04. The van der Waals surface area contributed by atoms with E-state index < -0.39 is 9.84 Å². The molecular weight excluding hydrogens is 448 g/mol. The zero-order valence-electron chi connectivity index (χ0n) is 19.3. The lowest BCUT2D eigenvalue weighted by Crippen LogP contribution is -2.42. The summed E-state index contributed by atoms with van der Waals surface area (Å²) in [5, 5.41) is 0. The number of carbonyl (C=O) groups is 1. The molecule has 10 nitrogen and oxygen atoms in total. The van der Waals surface area contributed by atoms with Crippen molar-refractivity contribution in [2.24, 2.45) is 0 Å². The van der Waals surface area contributed by atoms with Crippen LogP contribution < -0.4 is 15.2 Å². The molecule has 1 amide bonds. The van der Waals surface area contributed by atoms with Crippen molar-refractivity contribution in [3.8, 4) is 17.5 Å². The van der Waals surface area contributed by atoms with Crippen molar-refractivity contribution in [1.82, 2.24) is 14.9 Å². The van der Waals surface area contributed by atoms with Crippen molar-refractivity contribution in [1.29, 1.82) is 0 Å². The van der Waals surface area contributed by atoms with Gasteiger partial charge < -0.3 is 24.8 Å². The molecule has 0 spiro atoms. The zero-order chi connectivity index (χ0) is 24.2. The highest BCUT2D eigenvalue weighted by molar-refractivity contribution is 7.91. The van der Waals surface area contributed by atoms with Gasteiger partial charge in [-0.3, -0.25) is 0 Å². The van der Waals surface area contributed by atoms with Gasteiger partial charge in [0.15, 0.2) is 15.6 Å². The average molecular weight is 479 g/mol. The summed E-state index contributed by atoms with van der Waals surface area (Å²) in [6.07, 6.45) is 2.04. The highest BCUT2D eigenvalue weighted by atomic mass is 32.2. The van der Waals surface area contributed by atoms with Crippen LogP contribution in [0.4, 0.5) is 10.5 Å². The standard InChI is InChI=1S/C22H30N4O6S/c1-5-33(28,29)17-6-7-19(18(23)12-17)32-21-15(4)20(24-13-25-21)31-16-8-10-26(11-9-16)22(27)30-14(2)3/h6-7,12-14,16H,5,8-11,23H2,1-4H3. The number of nitrogen functional groups attached to an aromatic ring is 1. The van der Waals surface area contributed by atoms with E-state index in [-0.39, 0.29) is 46.3 Å². The van der Waals surface area contributed by atoms with Crippen LogP contribution in [0.5, 0.6) is 17.5 Å². The van der Waals surface area contributed by atoms with Gasteiger partial charge in [-0.25, -0.2) is 23.2 Å². The van der Waals surface area contributed by atoms with E-state index in [4.69, 9.17) is 19.9 Å². The van der Waals surface area contributed by atoms with Gasteiger partial charge >= 0.3 is 6.09 Å². The smallest absolute Gasteiger partial charge is 0.410 e. The fraction of sp³-hybridized carbons (Fsp3) is 0.500. The van der Waals surface area contributed by atoms with Crippen LogP contribution in [0, 0.1) is 6.92 Å². The molecule has 180 valence electrons. The van der Waals surface area contributed by atoms with Gasteiger partial charge in [0, 0.05) is 25.9 Å². The molecule has 1 fully saturated rings. The van der Waals surface area contributed by atoms with Gasteiger partial charge in [0.1, 0.15) is 12.4 Å². The number of amides is 1. The molecule has 1 aliphatic rings. The first-order valence-corrected chi connectivity index (χ1v) is 12.5. The van der Waals surface area contributed by atoms with Crippen LogP contribution in [-0.2, 0) is 14.6 Å². The minimum Gasteiger partial charge on any atom is -0.474 e. The molecule has 2 heterocycles. The van der Waals surface area contributed by atoms with Crippen molar-refractivity contribution in [2.75, 3.05) is 24.6 Å². The SMILES string of the molecule is CCS(=O)(=O)c1ccc(Oc2ncnc(OC3CCN(C(=O)OC(C)C)CC3)c2C)c(N)c1. The maximum Gasteiger partial charge on any atom is 0.410 e. The number of aromatic nitrogens is 2. The Balaban J connectivity index is 1.67. The monoisotopic (exact) mass is 478 g/mol. The molecule has 1 saturated heterocycles. The molecule has 2 N–H and O–H groups in total. The molecule has 0 unspecified atom stereocenters. The second-order valence-corrected chi connectivity index (χ2v) is 10.3. The lowest BCUT2D eigenvalue weighted by molar-refractivity contribution is 0.0505. The quantitative estimate of drug-likeness (QED) is 0.595. The number of ether oxygens (including phenoxy) is 3. The fourth-order valence-electron chi connectivity index (χ4n) is 3.31. The van der Waals surface area contributed by atoms with Gasteiger partial charge in [0.25, 0.3) is 0 Å². The number of nitrogens with zero attached hydrogens (tertiary/aromatic N) is 3. The van der Waals surface area contributed by atoms with E-state index in [1.165, 1.54) is 24.5 Å². The Bertz CT molecular complexity index is 1100. The summed E-state index contributed by atoms with van der Waals surface area (Å²) in [5.41, 5.74) is 6.79. The molecule has 1 aromatic carbocycles. The van der Waals surface area contributed by atoms with Crippen molar-refractivity contribution in [3.63, 3.8) is 0 Å². The van der Waals surface area contributed by atoms with Crippen molar-refractivity contribution >= 4 is 21.6 Å². The molecule has 2 aromatic rings. The summed E-state index contributed by atoms with van der Waals surface area (Å²) in [5.74, 6) is 0.911. The Labute approximate surface area is 194 Å². The lowest BCUT2D eigenvalue weighted by Gasteiger charge is -2.31. The first-order chi connectivity index (χ1) is 15.6. The van der Waals surface area contributed by atoms with Crippen LogP contribution >= 0.6 is 0 Å². The predicted molar refractivity (Wildman–Crippen MR) is 122 cm³/mol. The van der Waals surface area contributed by atoms with Crippen LogP contribution in [0.1, 0.15) is 39.2 Å². The maximum absolute atomic E-state index is 12.1. The molecule has 0 atom stereocenters. The number of rotatable bonds is 7. The summed E-state index contributed by atoms with van der Waals surface area (Å²) >= 11 is 0. The highest BCUT2D eigenvalue weighted by Gasteiger charge is 2.26. The summed E-state index contributed by atoms with van der Waals surface area (Å²) in [4.78, 5) is 22.2. The Morgan fingerprint density at radius 2 is 1.88 bits per heavy atom. The third-order valence-electron chi connectivity index (χ3n) is 5.23. The topological polar surface area (TPSA) is 134 Å². The summed E-state index contributed by atoms with van der Waals surface area (Å²) in [7, 11) is -3.37. The van der Waals surface area contributed by atoms with E-state index in [1.54, 1.807) is 18.7 Å². The van der Waals surface area contributed by atoms with Gasteiger partial charge in [-0.2, -0.15) is 0 Å². The molecule has 3 rings (SSSR count). The van der Waals surface area contributed by atoms with E-state index in [9.17, 15) is 13.2 Å². The van der Waals surface area contributed by atoms with Crippen LogP contribution in [0.2, 0.25) is 0 Å². The summed E-state index contributed by atoms with van der Waals surface area (Å²) < 4.78 is 41.2. The molecule has 0 radical (unpaired) electrons. The lowest BCUT2D eigenvalue weighted by atomic mass is 10.1. The number of benzene rings is 1. The molecule has 33 heavy (non-hydrogen) atoms. The maximum atomic E-state index is 12.1. The predicted octanol–water partition coefficient (Wildman–Crippen LogP) is 3.34. The first-order valence-electron chi connectivity index (χ1n) is 10.8. The molecule has 0 saturated carbocycles. The highest BCUT2D eigenvalue weighted by Crippen LogP contribution is 2.33. The molecule has 1 aromatic heterocycles. The second kappa shape index (κ2) is 10.2. The van der Waals surface area contributed by atoms with E-state index in [1.807, 2.05) is 13.8 Å². The Morgan fingerprint density at radius 3 is 2.48 bits per heavy atom. The molecule has 0 aliphatic carbocycles. The van der Waals surface area contributed by atoms with E-state index in [0.29, 0.717) is 37.4 Å². The number of hydrogen-bond acceptors (Lipinski definition) is 9. The van der Waals surface area contributed by atoms with Gasteiger partial charge in [0.05, 0.1) is 28.0 Å². The first kappa shape index (κ1) is 24.6. The minimum atomic E-state index is -3.37. The van der Waals surface area contributed by atoms with Crippen LogP contribution in [0.3, 0.4) is 0 Å². The minimum absolute atomic E-state index is 0.0177. The normalized spacial score (nSPS) is 14.9. The second-order valence-electron chi connectivity index (χ2n) is 8.05. The summed E-state index contributed by atoms with van der Waals surface area (Å²) in [6.45, 7) is 8.05. The summed E-state index contributed by atoms with van der Waals surface area (Å²) in [6, 6.07) is 4.34. The van der Waals surface area contributed by atoms with Crippen molar-refractivity contribution < 1.29 is 27.4 Å². The van der Waals surface area contributed by atoms with Crippen LogP contribution in [0.15, 0.2) is 29.4 Å². The molecule has 0 bridgehead atoms. The van der Waals surface area contributed by atoms with Gasteiger partial charge in [-0.15, -0.1) is 0 Å².